The minimum Gasteiger partial charge on any atom is -0.345 e. The quantitative estimate of drug-likeness (QED) is 0.699. The lowest BCUT2D eigenvalue weighted by Crippen LogP contribution is -1.83. The molecule has 0 aliphatic heterocycles. The Labute approximate surface area is 96.3 Å². The molecule has 5 heteroatoms. The molecule has 1 N–H and O–H groups in total. The van der Waals surface area contributed by atoms with Crippen LogP contribution in [0, 0.1) is 0 Å². The maximum Gasteiger partial charge on any atom is 0.139 e. The zero-order valence-corrected chi connectivity index (χ0v) is 8.94. The first-order valence-electron chi connectivity index (χ1n) is 4.74. The Morgan fingerprint density at radius 3 is 2.88 bits per heavy atom. The van der Waals surface area contributed by atoms with Gasteiger partial charge in [-0.1, -0.05) is 11.6 Å². The van der Waals surface area contributed by atoms with Crippen LogP contribution in [0.25, 0.3) is 22.3 Å². The van der Waals surface area contributed by atoms with Gasteiger partial charge in [0.1, 0.15) is 12.0 Å². The molecule has 78 valence electrons. The van der Waals surface area contributed by atoms with Gasteiger partial charge in [0.15, 0.2) is 0 Å². The third-order valence-corrected chi connectivity index (χ3v) is 2.70. The molecule has 0 aliphatic carbocycles. The van der Waals surface area contributed by atoms with Gasteiger partial charge in [-0.2, -0.15) is 0 Å². The molecule has 16 heavy (non-hydrogen) atoms. The molecule has 0 aliphatic rings. The molecule has 0 aromatic carbocycles. The molecule has 0 bridgehead atoms. The molecule has 0 radical (unpaired) electrons. The van der Waals surface area contributed by atoms with E-state index in [0.29, 0.717) is 5.02 Å². The maximum absolute atomic E-state index is 6.15. The molecule has 3 heterocycles. The number of aromatic amines is 1. The highest BCUT2D eigenvalue weighted by Crippen LogP contribution is 2.30. The summed E-state index contributed by atoms with van der Waals surface area (Å²) in [5.41, 5.74) is 2.53. The van der Waals surface area contributed by atoms with E-state index in [1.165, 1.54) is 6.33 Å². The first-order chi connectivity index (χ1) is 7.86. The molecule has 0 atom stereocenters. The third-order valence-electron chi connectivity index (χ3n) is 2.38. The van der Waals surface area contributed by atoms with E-state index in [9.17, 15) is 0 Å². The average molecular weight is 231 g/mol. The summed E-state index contributed by atoms with van der Waals surface area (Å²) >= 11 is 6.15. The zero-order chi connectivity index (χ0) is 11.0. The van der Waals surface area contributed by atoms with Gasteiger partial charge >= 0.3 is 0 Å². The van der Waals surface area contributed by atoms with Crippen LogP contribution in [0.15, 0.2) is 37.1 Å². The van der Waals surface area contributed by atoms with Gasteiger partial charge in [0.2, 0.25) is 0 Å². The van der Waals surface area contributed by atoms with Crippen molar-refractivity contribution in [3.63, 3.8) is 0 Å². The summed E-state index contributed by atoms with van der Waals surface area (Å²) in [5, 5.41) is 1.56. The molecular formula is C11H7ClN4. The van der Waals surface area contributed by atoms with Crippen molar-refractivity contribution in [2.24, 2.45) is 0 Å². The fraction of sp³-hybridized carbons (Fsp3) is 0. The lowest BCUT2D eigenvalue weighted by molar-refractivity contribution is 1.17. The number of nitrogens with zero attached hydrogens (tertiary/aromatic N) is 3. The van der Waals surface area contributed by atoms with Gasteiger partial charge in [0.05, 0.1) is 10.7 Å². The molecular weight excluding hydrogens is 224 g/mol. The van der Waals surface area contributed by atoms with E-state index in [1.807, 2.05) is 12.3 Å². The Morgan fingerprint density at radius 2 is 2.06 bits per heavy atom. The second-order valence-electron chi connectivity index (χ2n) is 3.31. The van der Waals surface area contributed by atoms with Crippen LogP contribution in [-0.4, -0.2) is 19.9 Å². The standard InChI is InChI=1S/C11H7ClN4/c12-8-1-4-14-11-10(8)7(5-15-11)9-2-3-13-6-16-9/h1-6H,(H,14,15). The normalized spacial score (nSPS) is 10.8. The predicted molar refractivity (Wildman–Crippen MR) is 62.1 cm³/mol. The van der Waals surface area contributed by atoms with E-state index >= 15 is 0 Å². The highest BCUT2D eigenvalue weighted by Gasteiger charge is 2.10. The molecule has 3 aromatic heterocycles. The minimum atomic E-state index is 0.667. The van der Waals surface area contributed by atoms with E-state index in [2.05, 4.69) is 19.9 Å². The number of nitrogens with one attached hydrogen (secondary N) is 1. The van der Waals surface area contributed by atoms with E-state index in [1.54, 1.807) is 18.5 Å². The smallest absolute Gasteiger partial charge is 0.139 e. The summed E-state index contributed by atoms with van der Waals surface area (Å²) in [7, 11) is 0. The molecule has 3 rings (SSSR count). The van der Waals surface area contributed by atoms with E-state index in [4.69, 9.17) is 11.6 Å². The lowest BCUT2D eigenvalue weighted by Gasteiger charge is -1.98. The molecule has 0 fully saturated rings. The van der Waals surface area contributed by atoms with Crippen molar-refractivity contribution >= 4 is 22.6 Å². The van der Waals surface area contributed by atoms with E-state index in [-0.39, 0.29) is 0 Å². The van der Waals surface area contributed by atoms with Crippen LogP contribution in [-0.2, 0) is 0 Å². The summed E-state index contributed by atoms with van der Waals surface area (Å²) in [6.45, 7) is 0. The highest BCUT2D eigenvalue weighted by atomic mass is 35.5. The van der Waals surface area contributed by atoms with Crippen molar-refractivity contribution in [2.45, 2.75) is 0 Å². The third kappa shape index (κ3) is 1.35. The van der Waals surface area contributed by atoms with Gasteiger partial charge in [0, 0.05) is 29.5 Å². The Balaban J connectivity index is 2.33. The van der Waals surface area contributed by atoms with Gasteiger partial charge in [0.25, 0.3) is 0 Å². The van der Waals surface area contributed by atoms with Crippen LogP contribution in [0.3, 0.4) is 0 Å². The summed E-state index contributed by atoms with van der Waals surface area (Å²) < 4.78 is 0. The molecule has 0 amide bonds. The number of H-pyrrole nitrogens is 1. The van der Waals surface area contributed by atoms with Crippen LogP contribution in [0.2, 0.25) is 5.02 Å². The first kappa shape index (κ1) is 9.30. The highest BCUT2D eigenvalue weighted by molar-refractivity contribution is 6.36. The fourth-order valence-electron chi connectivity index (χ4n) is 1.67. The first-order valence-corrected chi connectivity index (χ1v) is 5.12. The summed E-state index contributed by atoms with van der Waals surface area (Å²) in [5.74, 6) is 0. The number of halogens is 1. The Kier molecular flexibility index (Phi) is 2.08. The van der Waals surface area contributed by atoms with Gasteiger partial charge < -0.3 is 4.98 Å². The average Bonchev–Trinajstić information content (AvgIpc) is 2.75. The second-order valence-corrected chi connectivity index (χ2v) is 3.72. The summed E-state index contributed by atoms with van der Waals surface area (Å²) in [6, 6.07) is 3.61. The number of fused-ring (bicyclic) bond motifs is 1. The minimum absolute atomic E-state index is 0.667. The topological polar surface area (TPSA) is 54.5 Å². The van der Waals surface area contributed by atoms with Crippen molar-refractivity contribution in [3.8, 4) is 11.3 Å². The van der Waals surface area contributed by atoms with Gasteiger partial charge in [-0.3, -0.25) is 0 Å². The number of aromatic nitrogens is 4. The zero-order valence-electron chi connectivity index (χ0n) is 8.18. The van der Waals surface area contributed by atoms with Gasteiger partial charge in [-0.15, -0.1) is 0 Å². The predicted octanol–water partition coefficient (Wildman–Crippen LogP) is 2.67. The SMILES string of the molecule is Clc1ccnc2[nH]cc(-c3ccncn3)c12. The van der Waals surface area contributed by atoms with Crippen LogP contribution in [0.4, 0.5) is 0 Å². The number of rotatable bonds is 1. The van der Waals surface area contributed by atoms with Crippen LogP contribution in [0.1, 0.15) is 0 Å². The Morgan fingerprint density at radius 1 is 1.12 bits per heavy atom. The van der Waals surface area contributed by atoms with Crippen molar-refractivity contribution in [1.29, 1.82) is 0 Å². The fourth-order valence-corrected chi connectivity index (χ4v) is 1.92. The van der Waals surface area contributed by atoms with Crippen LogP contribution in [0.5, 0.6) is 0 Å². The van der Waals surface area contributed by atoms with Gasteiger partial charge in [-0.05, 0) is 12.1 Å². The molecule has 4 nitrogen and oxygen atoms in total. The molecule has 0 saturated carbocycles. The maximum atomic E-state index is 6.15. The number of hydrogen-bond donors (Lipinski definition) is 1. The molecule has 0 saturated heterocycles. The second kappa shape index (κ2) is 3.57. The molecule has 0 unspecified atom stereocenters. The summed E-state index contributed by atoms with van der Waals surface area (Å²) in [6.07, 6.45) is 6.74. The molecule has 0 spiro atoms. The largest absolute Gasteiger partial charge is 0.345 e. The van der Waals surface area contributed by atoms with E-state index < -0.39 is 0 Å². The van der Waals surface area contributed by atoms with Gasteiger partial charge in [-0.25, -0.2) is 15.0 Å². The van der Waals surface area contributed by atoms with E-state index in [0.717, 1.165) is 22.3 Å². The molecule has 3 aromatic rings. The van der Waals surface area contributed by atoms with Crippen LogP contribution >= 0.6 is 11.6 Å². The Hall–Kier alpha value is -1.94. The van der Waals surface area contributed by atoms with Crippen molar-refractivity contribution in [3.05, 3.63) is 42.1 Å². The van der Waals surface area contributed by atoms with Crippen molar-refractivity contribution < 1.29 is 0 Å². The Bertz CT molecular complexity index is 633. The monoisotopic (exact) mass is 230 g/mol. The summed E-state index contributed by atoms with van der Waals surface area (Å²) in [4.78, 5) is 15.4. The number of hydrogen-bond acceptors (Lipinski definition) is 3. The van der Waals surface area contributed by atoms with Crippen molar-refractivity contribution in [1.82, 2.24) is 19.9 Å². The number of pyridine rings is 1. The lowest BCUT2D eigenvalue weighted by atomic mass is 10.1. The van der Waals surface area contributed by atoms with Crippen LogP contribution < -0.4 is 0 Å². The van der Waals surface area contributed by atoms with Crippen molar-refractivity contribution in [2.75, 3.05) is 0 Å².